The summed E-state index contributed by atoms with van der Waals surface area (Å²) in [7, 11) is 9.31. The van der Waals surface area contributed by atoms with E-state index in [4.69, 9.17) is 29.9 Å². The molecular weight excluding hydrogens is 776 g/mol. The number of ether oxygens (including phenoxy) is 7. The molecule has 17 nitrogen and oxygen atoms in total. The van der Waals surface area contributed by atoms with Gasteiger partial charge in [-0.2, -0.15) is 0 Å². The van der Waals surface area contributed by atoms with Crippen molar-refractivity contribution in [2.24, 2.45) is 0 Å². The van der Waals surface area contributed by atoms with Gasteiger partial charge in [-0.25, -0.2) is 24.0 Å². The average molecular weight is 821 g/mol. The Bertz CT molecular complexity index is 2130. The third-order valence-electron chi connectivity index (χ3n) is 7.06. The first-order valence-corrected chi connectivity index (χ1v) is 16.6. The molecular formula is C42H44O17. The van der Waals surface area contributed by atoms with Crippen molar-refractivity contribution >= 4 is 29.8 Å². The quantitative estimate of drug-likeness (QED) is 0.0945. The second kappa shape index (κ2) is 26.0. The van der Waals surface area contributed by atoms with Crippen LogP contribution in [0.5, 0.6) is 40.2 Å². The van der Waals surface area contributed by atoms with Gasteiger partial charge in [-0.15, -0.1) is 0 Å². The summed E-state index contributed by atoms with van der Waals surface area (Å²) in [6.45, 7) is 0. The molecule has 0 aromatic heterocycles. The first kappa shape index (κ1) is 49.1. The summed E-state index contributed by atoms with van der Waals surface area (Å²) in [5.41, 5.74) is 1.57. The summed E-state index contributed by atoms with van der Waals surface area (Å²) in [6, 6.07) is 26.6. The number of hydrogen-bond donors (Lipinski definition) is 5. The molecule has 5 aromatic carbocycles. The fourth-order valence-corrected chi connectivity index (χ4v) is 4.12. The minimum atomic E-state index is -0.525. The molecule has 0 fully saturated rings. The number of rotatable bonds is 7. The van der Waals surface area contributed by atoms with Crippen molar-refractivity contribution in [2.75, 3.05) is 49.8 Å². The molecule has 0 atom stereocenters. The molecule has 0 aliphatic heterocycles. The number of para-hydroxylation sites is 1. The van der Waals surface area contributed by atoms with E-state index in [1.807, 2.05) is 0 Å². The summed E-state index contributed by atoms with van der Waals surface area (Å²) in [4.78, 5) is 54.6. The van der Waals surface area contributed by atoms with Crippen LogP contribution in [-0.2, 0) is 23.7 Å². The molecule has 0 heterocycles. The lowest BCUT2D eigenvalue weighted by atomic mass is 10.2. The van der Waals surface area contributed by atoms with Gasteiger partial charge in [0.25, 0.3) is 0 Å². The molecule has 17 heteroatoms. The van der Waals surface area contributed by atoms with Crippen LogP contribution in [0.4, 0.5) is 0 Å². The topological polar surface area (TPSA) is 251 Å². The highest BCUT2D eigenvalue weighted by atomic mass is 16.5. The second-order valence-electron chi connectivity index (χ2n) is 10.8. The van der Waals surface area contributed by atoms with E-state index < -0.39 is 29.8 Å². The molecule has 314 valence electrons. The van der Waals surface area contributed by atoms with Crippen LogP contribution in [0.15, 0.2) is 109 Å². The highest BCUT2D eigenvalue weighted by molar-refractivity contribution is 5.93. The van der Waals surface area contributed by atoms with Crippen molar-refractivity contribution in [1.82, 2.24) is 0 Å². The van der Waals surface area contributed by atoms with Crippen LogP contribution >= 0.6 is 0 Å². The molecule has 0 saturated carbocycles. The number of esters is 5. The Hall–Kier alpha value is -7.95. The van der Waals surface area contributed by atoms with Gasteiger partial charge in [0.2, 0.25) is 0 Å². The van der Waals surface area contributed by atoms with Crippen molar-refractivity contribution in [3.63, 3.8) is 0 Å². The number of hydrogen-bond acceptors (Lipinski definition) is 17. The van der Waals surface area contributed by atoms with Gasteiger partial charge in [0.05, 0.1) is 66.5 Å². The van der Waals surface area contributed by atoms with Crippen molar-refractivity contribution in [3.05, 3.63) is 137 Å². The van der Waals surface area contributed by atoms with Crippen molar-refractivity contribution < 1.29 is 82.7 Å². The van der Waals surface area contributed by atoms with Crippen LogP contribution in [0.3, 0.4) is 0 Å². The number of benzene rings is 5. The number of methoxy groups -OCH3 is 7. The lowest BCUT2D eigenvalue weighted by Gasteiger charge is -2.06. The zero-order valence-corrected chi connectivity index (χ0v) is 33.0. The van der Waals surface area contributed by atoms with E-state index in [1.165, 1.54) is 135 Å². The highest BCUT2D eigenvalue weighted by Gasteiger charge is 2.13. The van der Waals surface area contributed by atoms with Crippen LogP contribution in [0.1, 0.15) is 51.8 Å². The average Bonchev–Trinajstić information content (AvgIpc) is 3.26. The summed E-state index contributed by atoms with van der Waals surface area (Å²) in [5, 5.41) is 45.3. The molecule has 0 radical (unpaired) electrons. The molecule has 0 saturated heterocycles. The molecule has 5 rings (SSSR count). The van der Waals surface area contributed by atoms with E-state index in [-0.39, 0.29) is 34.3 Å². The number of phenolic OH excluding ortho intramolecular Hbond substituents is 5. The first-order chi connectivity index (χ1) is 28.1. The molecule has 0 aliphatic carbocycles. The van der Waals surface area contributed by atoms with E-state index >= 15 is 0 Å². The predicted octanol–water partition coefficient (Wildman–Crippen LogP) is 5.91. The molecule has 0 unspecified atom stereocenters. The van der Waals surface area contributed by atoms with Crippen molar-refractivity contribution in [2.45, 2.75) is 0 Å². The summed E-state index contributed by atoms with van der Waals surface area (Å²) >= 11 is 0. The fourth-order valence-electron chi connectivity index (χ4n) is 4.12. The van der Waals surface area contributed by atoms with E-state index in [2.05, 4.69) is 23.7 Å². The Morgan fingerprint density at radius 1 is 0.356 bits per heavy atom. The zero-order chi connectivity index (χ0) is 44.5. The third-order valence-corrected chi connectivity index (χ3v) is 7.06. The normalized spacial score (nSPS) is 9.27. The van der Waals surface area contributed by atoms with Crippen molar-refractivity contribution in [3.8, 4) is 40.2 Å². The van der Waals surface area contributed by atoms with E-state index in [1.54, 1.807) is 24.3 Å². The number of carbonyl (C=O) groups excluding carboxylic acids is 5. The number of phenols is 5. The molecule has 5 aromatic rings. The molecule has 0 amide bonds. The van der Waals surface area contributed by atoms with E-state index in [0.29, 0.717) is 33.8 Å². The smallest absolute Gasteiger partial charge is 0.341 e. The number of carbonyl (C=O) groups is 5. The monoisotopic (exact) mass is 820 g/mol. The second-order valence-corrected chi connectivity index (χ2v) is 10.8. The first-order valence-electron chi connectivity index (χ1n) is 16.6. The van der Waals surface area contributed by atoms with Crippen LogP contribution in [0, 0.1) is 0 Å². The zero-order valence-electron chi connectivity index (χ0n) is 33.0. The van der Waals surface area contributed by atoms with Gasteiger partial charge in [0, 0.05) is 6.07 Å². The van der Waals surface area contributed by atoms with E-state index in [9.17, 15) is 29.1 Å². The van der Waals surface area contributed by atoms with Gasteiger partial charge in [0.1, 0.15) is 39.9 Å². The molecule has 0 bridgehead atoms. The standard InChI is InChI=1S/2C9H10O4.3C8H8O3/c1-12-8-4-3-6(5-7(8)10)9(11)13-2;1-12-8-5-6(10)3-4-7(8)9(11)13-2;1-11-8(10)6-2-4-7(9)5-3-6;1-11-8(10)6-3-2-4-7(9)5-6;1-11-8(10)6-4-2-3-5-7(6)9/h2*3-5,10H,1-2H3;3*2-5,9H,1H3. The maximum absolute atomic E-state index is 11.1. The lowest BCUT2D eigenvalue weighted by Crippen LogP contribution is -2.03. The molecule has 0 spiro atoms. The van der Waals surface area contributed by atoms with Gasteiger partial charge >= 0.3 is 29.8 Å². The Morgan fingerprint density at radius 2 is 0.814 bits per heavy atom. The maximum atomic E-state index is 11.1. The highest BCUT2D eigenvalue weighted by Crippen LogP contribution is 2.26. The lowest BCUT2D eigenvalue weighted by molar-refractivity contribution is 0.0588. The van der Waals surface area contributed by atoms with Gasteiger partial charge < -0.3 is 58.7 Å². The van der Waals surface area contributed by atoms with Gasteiger partial charge in [-0.3, -0.25) is 0 Å². The Kier molecular flexibility index (Phi) is 21.6. The SMILES string of the molecule is COC(=O)c1ccc(O)cc1.COC(=O)c1ccc(O)cc1OC.COC(=O)c1ccc(OC)c(O)c1.COC(=O)c1cccc(O)c1.COC(=O)c1ccccc1O. The Labute approximate surface area is 339 Å². The van der Waals surface area contributed by atoms with Crippen LogP contribution < -0.4 is 9.47 Å². The minimum Gasteiger partial charge on any atom is -0.508 e. The van der Waals surface area contributed by atoms with Crippen LogP contribution in [0.25, 0.3) is 0 Å². The Morgan fingerprint density at radius 3 is 1.31 bits per heavy atom. The van der Waals surface area contributed by atoms with Crippen LogP contribution in [-0.4, -0.2) is 105 Å². The number of aromatic hydroxyl groups is 5. The fraction of sp³-hybridized carbons (Fsp3) is 0.167. The molecule has 5 N–H and O–H groups in total. The summed E-state index contributed by atoms with van der Waals surface area (Å²) in [6.07, 6.45) is 0. The van der Waals surface area contributed by atoms with Gasteiger partial charge in [-0.05, 0) is 84.9 Å². The third kappa shape index (κ3) is 16.8. The van der Waals surface area contributed by atoms with Crippen molar-refractivity contribution in [1.29, 1.82) is 0 Å². The maximum Gasteiger partial charge on any atom is 0.341 e. The molecule has 0 aliphatic rings. The van der Waals surface area contributed by atoms with Crippen LogP contribution in [0.2, 0.25) is 0 Å². The van der Waals surface area contributed by atoms with Gasteiger partial charge in [-0.1, -0.05) is 18.2 Å². The molecule has 59 heavy (non-hydrogen) atoms. The largest absolute Gasteiger partial charge is 0.508 e. The predicted molar refractivity (Wildman–Crippen MR) is 210 cm³/mol. The Balaban J connectivity index is 0.000000370. The van der Waals surface area contributed by atoms with Gasteiger partial charge in [0.15, 0.2) is 11.5 Å². The minimum absolute atomic E-state index is 0.0458. The van der Waals surface area contributed by atoms with E-state index in [0.717, 1.165) is 0 Å². The summed E-state index contributed by atoms with van der Waals surface area (Å²) < 4.78 is 32.0. The summed E-state index contributed by atoms with van der Waals surface area (Å²) in [5.74, 6) is -1.61.